The smallest absolute Gasteiger partial charge is 0.328 e. The number of hydrogen-bond acceptors (Lipinski definition) is 7. The van der Waals surface area contributed by atoms with Crippen LogP contribution in [0.5, 0.6) is 0 Å². The predicted molar refractivity (Wildman–Crippen MR) is 162 cm³/mol. The van der Waals surface area contributed by atoms with Crippen LogP contribution < -0.4 is 5.32 Å². The SMILES string of the molecule is CCOC(=O)[C@H](Cc1cccc(S(C)(=O)=O)c1)NC(=O)c1c(Cl)cc2c(c1Cl)CCN(C(=O)c1ccc3ccoc3c1)C2. The number of amides is 2. The van der Waals surface area contributed by atoms with Gasteiger partial charge in [-0.3, -0.25) is 9.59 Å². The zero-order valence-electron chi connectivity index (χ0n) is 23.4. The quantitative estimate of drug-likeness (QED) is 0.261. The van der Waals surface area contributed by atoms with E-state index in [0.717, 1.165) is 11.6 Å². The van der Waals surface area contributed by atoms with E-state index in [9.17, 15) is 22.8 Å². The summed E-state index contributed by atoms with van der Waals surface area (Å²) in [5.41, 5.74) is 3.03. The first-order valence-corrected chi connectivity index (χ1v) is 16.1. The summed E-state index contributed by atoms with van der Waals surface area (Å²) in [5, 5.41) is 3.78. The molecule has 43 heavy (non-hydrogen) atoms. The summed E-state index contributed by atoms with van der Waals surface area (Å²) in [4.78, 5) is 41.3. The molecule has 0 fully saturated rings. The lowest BCUT2D eigenvalue weighted by molar-refractivity contribution is -0.145. The molecule has 0 radical (unpaired) electrons. The standard InChI is InChI=1S/C31H28Cl2N2O7S/c1-3-41-31(38)25(14-18-5-4-6-22(13-18)43(2,39)40)34-29(36)27-24(32)15-21-17-35(11-9-23(21)28(27)33)30(37)20-8-7-19-10-12-42-26(19)16-20/h4-8,10,12-13,15-16,25H,3,9,11,14,17H2,1-2H3,(H,34,36)/t25-/m0/s1. The van der Waals surface area contributed by atoms with Gasteiger partial charge >= 0.3 is 5.97 Å². The van der Waals surface area contributed by atoms with Gasteiger partial charge in [-0.15, -0.1) is 0 Å². The van der Waals surface area contributed by atoms with E-state index in [1.807, 2.05) is 12.1 Å². The molecule has 2 heterocycles. The average Bonchev–Trinajstić information content (AvgIpc) is 3.44. The minimum atomic E-state index is -3.48. The van der Waals surface area contributed by atoms with Gasteiger partial charge in [-0.2, -0.15) is 0 Å². The van der Waals surface area contributed by atoms with Gasteiger partial charge < -0.3 is 19.4 Å². The van der Waals surface area contributed by atoms with Gasteiger partial charge in [0.05, 0.1) is 33.4 Å². The lowest BCUT2D eigenvalue weighted by atomic mass is 9.95. The maximum Gasteiger partial charge on any atom is 0.328 e. The number of nitrogens with one attached hydrogen (secondary N) is 1. The van der Waals surface area contributed by atoms with Crippen molar-refractivity contribution in [2.75, 3.05) is 19.4 Å². The fourth-order valence-electron chi connectivity index (χ4n) is 5.11. The molecule has 1 atom stereocenters. The highest BCUT2D eigenvalue weighted by Crippen LogP contribution is 2.35. The van der Waals surface area contributed by atoms with Gasteiger partial charge in [0, 0.05) is 36.7 Å². The minimum absolute atomic E-state index is 0.00400. The van der Waals surface area contributed by atoms with Crippen LogP contribution in [0.1, 0.15) is 44.3 Å². The molecule has 1 aliphatic heterocycles. The van der Waals surface area contributed by atoms with Crippen molar-refractivity contribution >= 4 is 61.8 Å². The molecule has 0 bridgehead atoms. The van der Waals surface area contributed by atoms with Gasteiger partial charge in [0.15, 0.2) is 9.84 Å². The van der Waals surface area contributed by atoms with Gasteiger partial charge in [-0.25, -0.2) is 13.2 Å². The zero-order chi connectivity index (χ0) is 30.9. The maximum absolute atomic E-state index is 13.5. The van der Waals surface area contributed by atoms with E-state index in [4.69, 9.17) is 32.4 Å². The summed E-state index contributed by atoms with van der Waals surface area (Å²) < 4.78 is 34.6. The fraction of sp³-hybridized carbons (Fsp3) is 0.258. The highest BCUT2D eigenvalue weighted by atomic mass is 35.5. The first kappa shape index (κ1) is 30.6. The average molecular weight is 644 g/mol. The Morgan fingerprint density at radius 2 is 1.88 bits per heavy atom. The highest BCUT2D eigenvalue weighted by molar-refractivity contribution is 7.90. The second kappa shape index (κ2) is 12.4. The van der Waals surface area contributed by atoms with Crippen LogP contribution in [0.2, 0.25) is 10.0 Å². The summed E-state index contributed by atoms with van der Waals surface area (Å²) in [6.45, 7) is 2.33. The number of halogens is 2. The van der Waals surface area contributed by atoms with Crippen molar-refractivity contribution < 1.29 is 32.0 Å². The molecule has 1 aromatic heterocycles. The predicted octanol–water partition coefficient (Wildman–Crippen LogP) is 5.25. The van der Waals surface area contributed by atoms with Crippen LogP contribution in [-0.2, 0) is 38.8 Å². The number of fused-ring (bicyclic) bond motifs is 2. The molecule has 224 valence electrons. The molecule has 4 aromatic rings. The Balaban J connectivity index is 1.37. The molecule has 0 unspecified atom stereocenters. The monoisotopic (exact) mass is 642 g/mol. The van der Waals surface area contributed by atoms with Crippen LogP contribution in [0.15, 0.2) is 70.2 Å². The van der Waals surface area contributed by atoms with E-state index < -0.39 is 27.8 Å². The summed E-state index contributed by atoms with van der Waals surface area (Å²) in [7, 11) is -3.48. The molecule has 0 spiro atoms. The van der Waals surface area contributed by atoms with E-state index >= 15 is 0 Å². The van der Waals surface area contributed by atoms with E-state index in [2.05, 4.69) is 5.32 Å². The van der Waals surface area contributed by atoms with E-state index in [1.54, 1.807) is 48.4 Å². The van der Waals surface area contributed by atoms with E-state index in [0.29, 0.717) is 40.8 Å². The molecule has 2 amide bonds. The third-order valence-electron chi connectivity index (χ3n) is 7.27. The van der Waals surface area contributed by atoms with E-state index in [-0.39, 0.29) is 46.0 Å². The Morgan fingerprint density at radius 3 is 2.63 bits per heavy atom. The fourth-order valence-corrected chi connectivity index (χ4v) is 6.56. The van der Waals surface area contributed by atoms with Gasteiger partial charge in [0.25, 0.3) is 11.8 Å². The van der Waals surface area contributed by atoms with Crippen molar-refractivity contribution in [3.63, 3.8) is 0 Å². The number of furan rings is 1. The minimum Gasteiger partial charge on any atom is -0.464 e. The third kappa shape index (κ3) is 6.56. The third-order valence-corrected chi connectivity index (χ3v) is 9.09. The highest BCUT2D eigenvalue weighted by Gasteiger charge is 2.30. The first-order chi connectivity index (χ1) is 20.5. The van der Waals surface area contributed by atoms with Crippen molar-refractivity contribution in [1.82, 2.24) is 10.2 Å². The zero-order valence-corrected chi connectivity index (χ0v) is 25.7. The molecular formula is C31H28Cl2N2O7S. The Hall–Kier alpha value is -3.86. The number of sulfone groups is 1. The summed E-state index contributed by atoms with van der Waals surface area (Å²) >= 11 is 13.3. The number of benzene rings is 3. The number of hydrogen-bond donors (Lipinski definition) is 1. The Bertz CT molecular complexity index is 1850. The topological polar surface area (TPSA) is 123 Å². The maximum atomic E-state index is 13.5. The van der Waals surface area contributed by atoms with Gasteiger partial charge in [0.2, 0.25) is 0 Å². The molecule has 1 N–H and O–H groups in total. The Labute approximate surface area is 258 Å². The molecule has 12 heteroatoms. The molecule has 1 aliphatic rings. The molecule has 5 rings (SSSR count). The number of carbonyl (C=O) groups excluding carboxylic acids is 3. The van der Waals surface area contributed by atoms with Crippen molar-refractivity contribution in [3.05, 3.63) is 98.7 Å². The number of rotatable bonds is 8. The summed E-state index contributed by atoms with van der Waals surface area (Å²) in [6, 6.07) is 13.7. The second-order valence-corrected chi connectivity index (χ2v) is 13.0. The van der Waals surface area contributed by atoms with Crippen molar-refractivity contribution in [1.29, 1.82) is 0 Å². The van der Waals surface area contributed by atoms with Crippen LogP contribution in [0, 0.1) is 0 Å². The normalized spacial score (nSPS) is 13.8. The van der Waals surface area contributed by atoms with E-state index in [1.165, 1.54) is 12.1 Å². The van der Waals surface area contributed by atoms with Crippen LogP contribution in [-0.4, -0.2) is 56.6 Å². The first-order valence-electron chi connectivity index (χ1n) is 13.5. The Kier molecular flexibility index (Phi) is 8.82. The number of ether oxygens (including phenoxy) is 1. The number of carbonyl (C=O) groups is 3. The van der Waals surface area contributed by atoms with Crippen LogP contribution >= 0.6 is 23.2 Å². The lowest BCUT2D eigenvalue weighted by Gasteiger charge is -2.30. The van der Waals surface area contributed by atoms with Crippen molar-refractivity contribution in [2.24, 2.45) is 0 Å². The lowest BCUT2D eigenvalue weighted by Crippen LogP contribution is -2.43. The summed E-state index contributed by atoms with van der Waals surface area (Å²) in [6.07, 6.45) is 3.03. The van der Waals surface area contributed by atoms with Crippen LogP contribution in [0.3, 0.4) is 0 Å². The second-order valence-electron chi connectivity index (χ2n) is 10.2. The van der Waals surface area contributed by atoms with Crippen molar-refractivity contribution in [3.8, 4) is 0 Å². The molecular weight excluding hydrogens is 615 g/mol. The van der Waals surface area contributed by atoms with Gasteiger partial charge in [-0.05, 0) is 66.4 Å². The van der Waals surface area contributed by atoms with Crippen molar-refractivity contribution in [2.45, 2.75) is 37.2 Å². The Morgan fingerprint density at radius 1 is 1.09 bits per heavy atom. The largest absolute Gasteiger partial charge is 0.464 e. The molecule has 0 aliphatic carbocycles. The molecule has 0 saturated carbocycles. The molecule has 0 saturated heterocycles. The number of nitrogens with zero attached hydrogens (tertiary/aromatic N) is 1. The number of esters is 1. The van der Waals surface area contributed by atoms with Gasteiger partial charge in [-0.1, -0.05) is 41.4 Å². The molecule has 9 nitrogen and oxygen atoms in total. The van der Waals surface area contributed by atoms with Gasteiger partial charge in [0.1, 0.15) is 11.6 Å². The van der Waals surface area contributed by atoms with Crippen LogP contribution in [0.25, 0.3) is 11.0 Å². The molecule has 3 aromatic carbocycles. The summed E-state index contributed by atoms with van der Waals surface area (Å²) in [5.74, 6) is -1.54. The van der Waals surface area contributed by atoms with Crippen LogP contribution in [0.4, 0.5) is 0 Å².